The fourth-order valence-electron chi connectivity index (χ4n) is 2.21. The highest BCUT2D eigenvalue weighted by Gasteiger charge is 2.19. The van der Waals surface area contributed by atoms with Crippen LogP contribution in [0.15, 0.2) is 36.4 Å². The van der Waals surface area contributed by atoms with Crippen LogP contribution in [0.3, 0.4) is 0 Å². The second-order valence-corrected chi connectivity index (χ2v) is 7.77. The Hall–Kier alpha value is -1.74. The lowest BCUT2D eigenvalue weighted by atomic mass is 9.91. The van der Waals surface area contributed by atoms with E-state index in [9.17, 15) is 13.7 Å². The first-order valence-electron chi connectivity index (χ1n) is 6.64. The van der Waals surface area contributed by atoms with Gasteiger partial charge in [0.25, 0.3) is 0 Å². The van der Waals surface area contributed by atoms with Crippen molar-refractivity contribution in [3.05, 3.63) is 63.1 Å². The Balaban J connectivity index is 2.48. The average molecular weight is 369 g/mol. The molecule has 0 aliphatic carbocycles. The molecule has 4 nitrogen and oxygen atoms in total. The van der Waals surface area contributed by atoms with E-state index < -0.39 is 15.9 Å². The minimum Gasteiger partial charge on any atom is -0.283 e. The Kier molecular flexibility index (Phi) is 5.20. The lowest BCUT2D eigenvalue weighted by Gasteiger charge is -2.16. The highest BCUT2D eigenvalue weighted by Crippen LogP contribution is 2.34. The molecule has 0 amide bonds. The van der Waals surface area contributed by atoms with Gasteiger partial charge in [0, 0.05) is 10.0 Å². The van der Waals surface area contributed by atoms with Crippen molar-refractivity contribution in [3.8, 4) is 6.07 Å². The van der Waals surface area contributed by atoms with Crippen LogP contribution in [0, 0.1) is 18.3 Å². The van der Waals surface area contributed by atoms with Crippen LogP contribution >= 0.6 is 23.2 Å². The number of halogens is 2. The van der Waals surface area contributed by atoms with Gasteiger partial charge >= 0.3 is 0 Å². The summed E-state index contributed by atoms with van der Waals surface area (Å²) in [7, 11) is -3.40. The lowest BCUT2D eigenvalue weighted by molar-refractivity contribution is 0.607. The topological polar surface area (TPSA) is 70.0 Å². The van der Waals surface area contributed by atoms with Gasteiger partial charge in [-0.05, 0) is 41.8 Å². The van der Waals surface area contributed by atoms with E-state index >= 15 is 0 Å². The maximum Gasteiger partial charge on any atom is 0.229 e. The third-order valence-electron chi connectivity index (χ3n) is 3.28. The molecule has 1 N–H and O–H groups in total. The molecule has 7 heteroatoms. The molecule has 2 aromatic rings. The molecule has 120 valence electrons. The van der Waals surface area contributed by atoms with Gasteiger partial charge < -0.3 is 0 Å². The number of aryl methyl sites for hydroxylation is 1. The van der Waals surface area contributed by atoms with E-state index in [1.165, 1.54) is 6.07 Å². The fraction of sp³-hybridized carbons (Fsp3) is 0.188. The summed E-state index contributed by atoms with van der Waals surface area (Å²) in [6.07, 6.45) is 1.07. The summed E-state index contributed by atoms with van der Waals surface area (Å²) in [6, 6.07) is 12.4. The van der Waals surface area contributed by atoms with Crippen LogP contribution in [0.1, 0.15) is 22.6 Å². The van der Waals surface area contributed by atoms with Gasteiger partial charge in [-0.15, -0.1) is 0 Å². The molecule has 23 heavy (non-hydrogen) atoms. The van der Waals surface area contributed by atoms with Crippen molar-refractivity contribution in [2.24, 2.45) is 0 Å². The van der Waals surface area contributed by atoms with Crippen molar-refractivity contribution in [1.82, 2.24) is 0 Å². The number of nitriles is 1. The lowest BCUT2D eigenvalue weighted by Crippen LogP contribution is -2.11. The van der Waals surface area contributed by atoms with Gasteiger partial charge in [0.05, 0.1) is 23.9 Å². The van der Waals surface area contributed by atoms with Crippen molar-refractivity contribution >= 4 is 38.9 Å². The van der Waals surface area contributed by atoms with Crippen LogP contribution in [-0.4, -0.2) is 14.7 Å². The first-order valence-corrected chi connectivity index (χ1v) is 9.29. The Morgan fingerprint density at radius 1 is 1.17 bits per heavy atom. The van der Waals surface area contributed by atoms with Crippen LogP contribution in [0.2, 0.25) is 10.0 Å². The summed E-state index contributed by atoms with van der Waals surface area (Å²) in [5.74, 6) is -0.564. The van der Waals surface area contributed by atoms with Gasteiger partial charge in [0.15, 0.2) is 0 Å². The predicted octanol–water partition coefficient (Wildman–Crippen LogP) is 4.33. The largest absolute Gasteiger partial charge is 0.283 e. The van der Waals surface area contributed by atoms with Crippen molar-refractivity contribution < 1.29 is 8.42 Å². The molecule has 2 aromatic carbocycles. The van der Waals surface area contributed by atoms with Crippen LogP contribution in [-0.2, 0) is 10.0 Å². The number of rotatable bonds is 4. The molecule has 0 saturated carbocycles. The molecule has 0 fully saturated rings. The van der Waals surface area contributed by atoms with Gasteiger partial charge in [-0.25, -0.2) is 8.42 Å². The van der Waals surface area contributed by atoms with Gasteiger partial charge in [0.1, 0.15) is 0 Å². The zero-order valence-corrected chi connectivity index (χ0v) is 14.8. The molecule has 1 atom stereocenters. The minimum atomic E-state index is -3.40. The van der Waals surface area contributed by atoms with Crippen molar-refractivity contribution in [1.29, 1.82) is 5.26 Å². The molecule has 0 heterocycles. The minimum absolute atomic E-state index is 0.322. The quantitative estimate of drug-likeness (QED) is 0.872. The van der Waals surface area contributed by atoms with Crippen molar-refractivity contribution in [3.63, 3.8) is 0 Å². The van der Waals surface area contributed by atoms with E-state index in [2.05, 4.69) is 10.8 Å². The second kappa shape index (κ2) is 6.79. The highest BCUT2D eigenvalue weighted by molar-refractivity contribution is 7.92. The average Bonchev–Trinajstić information content (AvgIpc) is 2.45. The number of hydrogen-bond donors (Lipinski definition) is 1. The van der Waals surface area contributed by atoms with E-state index in [1.54, 1.807) is 37.3 Å². The molecule has 0 spiro atoms. The fourth-order valence-corrected chi connectivity index (χ4v) is 3.23. The summed E-state index contributed by atoms with van der Waals surface area (Å²) in [4.78, 5) is 0. The Labute approximate surface area is 145 Å². The molecule has 0 aromatic heterocycles. The second-order valence-electron chi connectivity index (χ2n) is 5.18. The van der Waals surface area contributed by atoms with Gasteiger partial charge in [0.2, 0.25) is 10.0 Å². The number of hydrogen-bond acceptors (Lipinski definition) is 3. The number of nitrogens with one attached hydrogen (secondary N) is 1. The zero-order valence-electron chi connectivity index (χ0n) is 12.5. The Bertz CT molecular complexity index is 872. The first-order chi connectivity index (χ1) is 10.7. The number of sulfonamides is 1. The van der Waals surface area contributed by atoms with Crippen LogP contribution < -0.4 is 4.72 Å². The maximum atomic E-state index is 11.4. The molecular formula is C16H14Cl2N2O2S. The first kappa shape index (κ1) is 17.6. The Morgan fingerprint density at radius 2 is 1.78 bits per heavy atom. The monoisotopic (exact) mass is 368 g/mol. The molecule has 0 aliphatic heterocycles. The number of anilines is 1. The normalized spacial score (nSPS) is 12.5. The highest BCUT2D eigenvalue weighted by atomic mass is 35.5. The van der Waals surface area contributed by atoms with Crippen molar-refractivity contribution in [2.75, 3.05) is 11.0 Å². The molecule has 1 unspecified atom stereocenters. The van der Waals surface area contributed by atoms with Gasteiger partial charge in [-0.2, -0.15) is 5.26 Å². The molecule has 0 saturated heterocycles. The van der Waals surface area contributed by atoms with Gasteiger partial charge in [-0.3, -0.25) is 4.72 Å². The summed E-state index contributed by atoms with van der Waals surface area (Å²) >= 11 is 12.1. The third kappa shape index (κ3) is 4.38. The van der Waals surface area contributed by atoms with E-state index in [0.29, 0.717) is 26.9 Å². The number of nitrogens with zero attached hydrogens (tertiary/aromatic N) is 1. The van der Waals surface area contributed by atoms with E-state index in [0.717, 1.165) is 11.8 Å². The maximum absolute atomic E-state index is 11.4. The van der Waals surface area contributed by atoms with Crippen LogP contribution in [0.4, 0.5) is 5.69 Å². The number of benzene rings is 2. The molecule has 0 aliphatic rings. The summed E-state index contributed by atoms with van der Waals surface area (Å²) < 4.78 is 25.2. The van der Waals surface area contributed by atoms with E-state index in [-0.39, 0.29) is 0 Å². The summed E-state index contributed by atoms with van der Waals surface area (Å²) in [6.45, 7) is 1.75. The zero-order chi connectivity index (χ0) is 17.2. The molecule has 2 rings (SSSR count). The van der Waals surface area contributed by atoms with Crippen molar-refractivity contribution in [2.45, 2.75) is 12.8 Å². The van der Waals surface area contributed by atoms with E-state index in [4.69, 9.17) is 23.2 Å². The smallest absolute Gasteiger partial charge is 0.229 e. The van der Waals surface area contributed by atoms with Crippen LogP contribution in [0.5, 0.6) is 0 Å². The van der Waals surface area contributed by atoms with Gasteiger partial charge in [-0.1, -0.05) is 41.4 Å². The van der Waals surface area contributed by atoms with E-state index in [1.807, 2.05) is 0 Å². The molecule has 0 radical (unpaired) electrons. The molecule has 0 bridgehead atoms. The predicted molar refractivity (Wildman–Crippen MR) is 93.6 cm³/mol. The standard InChI is InChI=1S/C16H14Cl2N2O2S/c1-10-7-13(15(18)8-16(10)20-23(2,21)22)14(9-19)11-3-5-12(17)6-4-11/h3-8,14,20H,1-2H3. The van der Waals surface area contributed by atoms with Crippen LogP contribution in [0.25, 0.3) is 0 Å². The molecular weight excluding hydrogens is 355 g/mol. The summed E-state index contributed by atoms with van der Waals surface area (Å²) in [5, 5.41) is 10.4. The SMILES string of the molecule is Cc1cc(C(C#N)c2ccc(Cl)cc2)c(Cl)cc1NS(C)(=O)=O. The third-order valence-corrected chi connectivity index (χ3v) is 4.45. The summed E-state index contributed by atoms with van der Waals surface area (Å²) in [5.41, 5.74) is 2.47. The Morgan fingerprint density at radius 3 is 2.30 bits per heavy atom.